The number of pyridine rings is 2. The van der Waals surface area contributed by atoms with Crippen molar-refractivity contribution in [3.8, 4) is 17.6 Å². The van der Waals surface area contributed by atoms with Crippen LogP contribution in [-0.2, 0) is 0 Å². The van der Waals surface area contributed by atoms with Gasteiger partial charge >= 0.3 is 0 Å². The van der Waals surface area contributed by atoms with Crippen LogP contribution in [0.1, 0.15) is 21.6 Å². The van der Waals surface area contributed by atoms with Crippen LogP contribution in [0.15, 0.2) is 43.1 Å². The average molecular weight is 421 g/mol. The number of carbonyl (C=O) groups excluding carboxylic acids is 1. The summed E-state index contributed by atoms with van der Waals surface area (Å²) in [6.07, 6.45) is 7.28. The molecule has 12 heteroatoms. The highest BCUT2D eigenvalue weighted by Gasteiger charge is 2.18. The van der Waals surface area contributed by atoms with E-state index < -0.39 is 5.91 Å². The van der Waals surface area contributed by atoms with Crippen LogP contribution in [0.3, 0.4) is 0 Å². The molecule has 11 nitrogen and oxygen atoms in total. The van der Waals surface area contributed by atoms with E-state index in [1.54, 1.807) is 13.0 Å². The van der Waals surface area contributed by atoms with Gasteiger partial charge in [-0.25, -0.2) is 14.6 Å². The third-order valence-electron chi connectivity index (χ3n) is 4.23. The molecule has 30 heavy (non-hydrogen) atoms. The zero-order chi connectivity index (χ0) is 21.3. The maximum atomic E-state index is 12.8. The molecule has 0 aliphatic rings. The first-order chi connectivity index (χ1) is 14.5. The molecule has 0 saturated carbocycles. The molecule has 4 rings (SSSR count). The zero-order valence-electron chi connectivity index (χ0n) is 15.5. The Labute approximate surface area is 174 Å². The molecular formula is C18H13ClN10O. The van der Waals surface area contributed by atoms with Gasteiger partial charge in [0.1, 0.15) is 22.5 Å². The van der Waals surface area contributed by atoms with Gasteiger partial charge in [0.2, 0.25) is 0 Å². The van der Waals surface area contributed by atoms with Crippen molar-refractivity contribution in [1.29, 1.82) is 5.26 Å². The number of hydrogen-bond acceptors (Lipinski definition) is 8. The smallest absolute Gasteiger partial charge is 0.259 e. The topological polar surface area (TPSA) is 153 Å². The predicted octanol–water partition coefficient (Wildman–Crippen LogP) is 1.91. The van der Waals surface area contributed by atoms with E-state index in [4.69, 9.17) is 17.3 Å². The van der Waals surface area contributed by atoms with Crippen molar-refractivity contribution in [2.24, 2.45) is 0 Å². The molecule has 0 fully saturated rings. The predicted molar refractivity (Wildman–Crippen MR) is 107 cm³/mol. The number of anilines is 2. The van der Waals surface area contributed by atoms with Crippen LogP contribution in [0, 0.1) is 18.3 Å². The number of nitrogens with two attached hydrogens (primary N) is 1. The van der Waals surface area contributed by atoms with Gasteiger partial charge in [-0.15, -0.1) is 4.80 Å². The van der Waals surface area contributed by atoms with E-state index in [1.807, 2.05) is 6.07 Å². The fraction of sp³-hybridized carbons (Fsp3) is 0.0556. The lowest BCUT2D eigenvalue weighted by molar-refractivity contribution is 0.102. The first-order valence-electron chi connectivity index (χ1n) is 8.52. The van der Waals surface area contributed by atoms with E-state index in [0.717, 1.165) is 0 Å². The minimum Gasteiger partial charge on any atom is -0.382 e. The van der Waals surface area contributed by atoms with E-state index in [0.29, 0.717) is 22.6 Å². The van der Waals surface area contributed by atoms with Gasteiger partial charge in [-0.2, -0.15) is 20.6 Å². The molecule has 3 N–H and O–H groups in total. The van der Waals surface area contributed by atoms with Crippen molar-refractivity contribution < 1.29 is 4.79 Å². The summed E-state index contributed by atoms with van der Waals surface area (Å²) >= 11 is 6.21. The molecule has 0 atom stereocenters. The third-order valence-corrected chi connectivity index (χ3v) is 4.62. The Morgan fingerprint density at radius 3 is 2.70 bits per heavy atom. The van der Waals surface area contributed by atoms with Crippen LogP contribution in [0.2, 0.25) is 5.02 Å². The molecule has 4 heterocycles. The third kappa shape index (κ3) is 3.31. The number of nitrogen functional groups attached to an aromatic ring is 1. The second-order valence-electron chi connectivity index (χ2n) is 6.06. The molecule has 0 aliphatic heterocycles. The van der Waals surface area contributed by atoms with Gasteiger partial charge in [-0.1, -0.05) is 11.6 Å². The minimum atomic E-state index is -0.424. The summed E-state index contributed by atoms with van der Waals surface area (Å²) < 4.78 is 1.50. The minimum absolute atomic E-state index is 0.164. The lowest BCUT2D eigenvalue weighted by Crippen LogP contribution is -2.14. The normalized spacial score (nSPS) is 10.6. The Hall–Kier alpha value is -4.30. The number of hydrogen-bond donors (Lipinski definition) is 2. The van der Waals surface area contributed by atoms with Gasteiger partial charge in [0, 0.05) is 6.20 Å². The molecule has 0 aromatic carbocycles. The fourth-order valence-electron chi connectivity index (χ4n) is 2.78. The number of amides is 1. The first-order valence-corrected chi connectivity index (χ1v) is 8.90. The van der Waals surface area contributed by atoms with E-state index in [1.165, 1.54) is 46.5 Å². The Balaban J connectivity index is 1.62. The summed E-state index contributed by atoms with van der Waals surface area (Å²) in [5, 5.41) is 24.5. The van der Waals surface area contributed by atoms with Crippen molar-refractivity contribution in [2.45, 2.75) is 6.92 Å². The number of nitriles is 1. The van der Waals surface area contributed by atoms with Crippen LogP contribution < -0.4 is 11.1 Å². The summed E-state index contributed by atoms with van der Waals surface area (Å²) in [7, 11) is 0. The molecular weight excluding hydrogens is 408 g/mol. The van der Waals surface area contributed by atoms with Gasteiger partial charge in [-0.05, 0) is 19.1 Å². The highest BCUT2D eigenvalue weighted by atomic mass is 35.5. The summed E-state index contributed by atoms with van der Waals surface area (Å²) in [6.45, 7) is 1.72. The quantitative estimate of drug-likeness (QED) is 0.507. The Bertz CT molecular complexity index is 1290. The molecule has 148 valence electrons. The van der Waals surface area contributed by atoms with Crippen molar-refractivity contribution >= 4 is 29.0 Å². The second-order valence-corrected chi connectivity index (χ2v) is 6.44. The van der Waals surface area contributed by atoms with Gasteiger partial charge in [0.25, 0.3) is 5.91 Å². The van der Waals surface area contributed by atoms with Gasteiger partial charge < -0.3 is 11.1 Å². The fourth-order valence-corrected chi connectivity index (χ4v) is 2.97. The number of halogens is 1. The average Bonchev–Trinajstić information content (AvgIpc) is 3.40. The summed E-state index contributed by atoms with van der Waals surface area (Å²) in [4.78, 5) is 22.1. The maximum absolute atomic E-state index is 12.8. The van der Waals surface area contributed by atoms with Crippen LogP contribution in [0.25, 0.3) is 11.5 Å². The van der Waals surface area contributed by atoms with Crippen molar-refractivity contribution in [1.82, 2.24) is 34.7 Å². The van der Waals surface area contributed by atoms with Crippen molar-refractivity contribution in [3.05, 3.63) is 65.0 Å². The largest absolute Gasteiger partial charge is 0.382 e. The molecule has 0 aliphatic carbocycles. The zero-order valence-corrected chi connectivity index (χ0v) is 16.2. The standard InChI is InChI=1S/C18H13ClN10O/c1-10-13(9-26-28(10)14-2-3-22-16(21)15(14)19)18(30)27-12-6-11(7-20)17(23-8-12)29-24-4-5-25-29/h2-6,8-9H,1H3,(H2,21,22)(H,27,30). The monoisotopic (exact) mass is 420 g/mol. The molecule has 0 radical (unpaired) electrons. The SMILES string of the molecule is Cc1c(C(=O)Nc2cnc(-n3nccn3)c(C#N)c2)cnn1-c1ccnc(N)c1Cl. The van der Waals surface area contributed by atoms with Crippen molar-refractivity contribution in [3.63, 3.8) is 0 Å². The Morgan fingerprint density at radius 2 is 1.97 bits per heavy atom. The number of nitrogens with zero attached hydrogens (tertiary/aromatic N) is 8. The molecule has 0 bridgehead atoms. The highest BCUT2D eigenvalue weighted by molar-refractivity contribution is 6.34. The highest BCUT2D eigenvalue weighted by Crippen LogP contribution is 2.26. The second kappa shape index (κ2) is 7.61. The molecule has 0 saturated heterocycles. The number of carbonyl (C=O) groups is 1. The lowest BCUT2D eigenvalue weighted by Gasteiger charge is -2.09. The molecule has 4 aromatic heterocycles. The summed E-state index contributed by atoms with van der Waals surface area (Å²) in [6, 6.07) is 5.16. The molecule has 0 spiro atoms. The van der Waals surface area contributed by atoms with Crippen LogP contribution >= 0.6 is 11.6 Å². The number of nitrogens with one attached hydrogen (secondary N) is 1. The molecule has 0 unspecified atom stereocenters. The number of rotatable bonds is 4. The van der Waals surface area contributed by atoms with Crippen LogP contribution in [0.5, 0.6) is 0 Å². The van der Waals surface area contributed by atoms with E-state index >= 15 is 0 Å². The van der Waals surface area contributed by atoms with E-state index in [9.17, 15) is 10.1 Å². The molecule has 1 amide bonds. The van der Waals surface area contributed by atoms with Crippen LogP contribution in [0.4, 0.5) is 11.5 Å². The summed E-state index contributed by atoms with van der Waals surface area (Å²) in [5.74, 6) is -0.00101. The van der Waals surface area contributed by atoms with Crippen LogP contribution in [-0.4, -0.2) is 40.6 Å². The lowest BCUT2D eigenvalue weighted by atomic mass is 10.2. The van der Waals surface area contributed by atoms with E-state index in [2.05, 4.69) is 30.6 Å². The Kier molecular flexibility index (Phi) is 4.83. The first kappa shape index (κ1) is 19.0. The van der Waals surface area contributed by atoms with Gasteiger partial charge in [0.05, 0.1) is 47.4 Å². The summed E-state index contributed by atoms with van der Waals surface area (Å²) in [5.41, 5.74) is 7.66. The van der Waals surface area contributed by atoms with E-state index in [-0.39, 0.29) is 22.2 Å². The maximum Gasteiger partial charge on any atom is 0.259 e. The van der Waals surface area contributed by atoms with Crippen molar-refractivity contribution in [2.75, 3.05) is 11.1 Å². The molecule has 4 aromatic rings. The Morgan fingerprint density at radius 1 is 1.20 bits per heavy atom. The van der Waals surface area contributed by atoms with Gasteiger partial charge in [0.15, 0.2) is 5.82 Å². The van der Waals surface area contributed by atoms with Gasteiger partial charge in [-0.3, -0.25) is 4.79 Å². The number of aromatic nitrogens is 7.